The third kappa shape index (κ3) is 6.78. The molecular formula is C18H26F2N2O3. The number of esters is 1. The molecule has 1 amide bonds. The largest absolute Gasteiger partial charge is 0.469 e. The zero-order valence-electron chi connectivity index (χ0n) is 15.1. The Balaban J connectivity index is 2.79. The average Bonchev–Trinajstić information content (AvgIpc) is 2.62. The van der Waals surface area contributed by atoms with Crippen LogP contribution in [0.1, 0.15) is 37.0 Å². The molecule has 0 saturated heterocycles. The van der Waals surface area contributed by atoms with Crippen molar-refractivity contribution in [3.8, 4) is 0 Å². The maximum atomic E-state index is 13.4. The van der Waals surface area contributed by atoms with Crippen molar-refractivity contribution in [1.82, 2.24) is 9.80 Å². The van der Waals surface area contributed by atoms with Crippen molar-refractivity contribution in [3.63, 3.8) is 0 Å². The van der Waals surface area contributed by atoms with E-state index in [0.29, 0.717) is 6.54 Å². The van der Waals surface area contributed by atoms with Crippen LogP contribution >= 0.6 is 0 Å². The molecule has 0 radical (unpaired) electrons. The number of rotatable bonds is 10. The molecule has 0 aromatic heterocycles. The molecule has 0 fully saturated rings. The standard InChI is InChI=1S/C18H26F2N2O3/c1-4-21(5-2)10-6-11-22(12-9-17(23)25-3)18(24)14-7-8-15(19)16(20)13-14/h7-8,13H,4-6,9-12H2,1-3H3. The topological polar surface area (TPSA) is 49.9 Å². The number of hydrogen-bond donors (Lipinski definition) is 0. The van der Waals surface area contributed by atoms with Crippen LogP contribution in [0.4, 0.5) is 8.78 Å². The van der Waals surface area contributed by atoms with Crippen molar-refractivity contribution in [1.29, 1.82) is 0 Å². The highest BCUT2D eigenvalue weighted by Crippen LogP contribution is 2.12. The number of halogens is 2. The summed E-state index contributed by atoms with van der Waals surface area (Å²) in [6.07, 6.45) is 0.773. The molecule has 0 saturated carbocycles. The molecule has 0 spiro atoms. The van der Waals surface area contributed by atoms with Crippen molar-refractivity contribution >= 4 is 11.9 Å². The lowest BCUT2D eigenvalue weighted by molar-refractivity contribution is -0.140. The first-order valence-corrected chi connectivity index (χ1v) is 8.46. The zero-order chi connectivity index (χ0) is 18.8. The van der Waals surface area contributed by atoms with Gasteiger partial charge in [0.25, 0.3) is 5.91 Å². The molecule has 0 heterocycles. The van der Waals surface area contributed by atoms with Gasteiger partial charge < -0.3 is 14.5 Å². The summed E-state index contributed by atoms with van der Waals surface area (Å²) in [5.41, 5.74) is 0.0617. The Hall–Kier alpha value is -2.02. The highest BCUT2D eigenvalue weighted by molar-refractivity contribution is 5.94. The molecule has 5 nitrogen and oxygen atoms in total. The highest BCUT2D eigenvalue weighted by Gasteiger charge is 2.18. The zero-order valence-corrected chi connectivity index (χ0v) is 15.1. The minimum atomic E-state index is -1.07. The van der Waals surface area contributed by atoms with Gasteiger partial charge in [-0.05, 0) is 44.3 Å². The molecule has 1 aromatic carbocycles. The van der Waals surface area contributed by atoms with Crippen LogP contribution in [-0.4, -0.2) is 61.5 Å². The molecule has 25 heavy (non-hydrogen) atoms. The van der Waals surface area contributed by atoms with Crippen molar-refractivity contribution in [2.24, 2.45) is 0 Å². The first kappa shape index (κ1) is 21.0. The van der Waals surface area contributed by atoms with Crippen LogP contribution in [0.15, 0.2) is 18.2 Å². The van der Waals surface area contributed by atoms with Gasteiger partial charge in [-0.2, -0.15) is 0 Å². The monoisotopic (exact) mass is 356 g/mol. The van der Waals surface area contributed by atoms with E-state index in [0.717, 1.165) is 38.2 Å². The molecule has 0 aliphatic carbocycles. The smallest absolute Gasteiger partial charge is 0.307 e. The van der Waals surface area contributed by atoms with E-state index in [2.05, 4.69) is 23.5 Å². The van der Waals surface area contributed by atoms with Crippen molar-refractivity contribution in [2.75, 3.05) is 39.8 Å². The fourth-order valence-corrected chi connectivity index (χ4v) is 2.48. The Bertz CT molecular complexity index is 577. The second-order valence-electron chi connectivity index (χ2n) is 5.63. The number of hydrogen-bond acceptors (Lipinski definition) is 4. The number of benzene rings is 1. The van der Waals surface area contributed by atoms with Gasteiger partial charge in [-0.1, -0.05) is 13.8 Å². The number of carbonyl (C=O) groups excluding carboxylic acids is 2. The SMILES string of the molecule is CCN(CC)CCCN(CCC(=O)OC)C(=O)c1ccc(F)c(F)c1. The number of methoxy groups -OCH3 is 1. The fourth-order valence-electron chi connectivity index (χ4n) is 2.48. The molecular weight excluding hydrogens is 330 g/mol. The minimum absolute atomic E-state index is 0.0528. The van der Waals surface area contributed by atoms with E-state index in [4.69, 9.17) is 0 Å². The Morgan fingerprint density at radius 1 is 1.04 bits per heavy atom. The summed E-state index contributed by atoms with van der Waals surface area (Å²) in [6.45, 7) is 7.35. The van der Waals surface area contributed by atoms with E-state index in [-0.39, 0.29) is 18.5 Å². The van der Waals surface area contributed by atoms with Crippen LogP contribution < -0.4 is 0 Å². The minimum Gasteiger partial charge on any atom is -0.469 e. The lowest BCUT2D eigenvalue weighted by atomic mass is 10.1. The summed E-state index contributed by atoms with van der Waals surface area (Å²) in [6, 6.07) is 3.06. The van der Waals surface area contributed by atoms with E-state index in [1.165, 1.54) is 18.1 Å². The van der Waals surface area contributed by atoms with Crippen LogP contribution in [0.2, 0.25) is 0 Å². The van der Waals surface area contributed by atoms with Crippen LogP contribution in [0.3, 0.4) is 0 Å². The second kappa shape index (κ2) is 10.8. The average molecular weight is 356 g/mol. The molecule has 140 valence electrons. The predicted molar refractivity (Wildman–Crippen MR) is 91.3 cm³/mol. The Kier molecular flexibility index (Phi) is 9.05. The van der Waals surface area contributed by atoms with Gasteiger partial charge >= 0.3 is 5.97 Å². The summed E-state index contributed by atoms with van der Waals surface area (Å²) < 4.78 is 31.1. The van der Waals surface area contributed by atoms with Gasteiger partial charge in [-0.25, -0.2) is 8.78 Å². The molecule has 0 unspecified atom stereocenters. The van der Waals surface area contributed by atoms with Gasteiger partial charge in [0.1, 0.15) is 0 Å². The van der Waals surface area contributed by atoms with Gasteiger partial charge in [-0.15, -0.1) is 0 Å². The number of carbonyl (C=O) groups is 2. The summed E-state index contributed by atoms with van der Waals surface area (Å²) in [5, 5.41) is 0. The molecule has 0 bridgehead atoms. The Labute approximate surface area is 147 Å². The summed E-state index contributed by atoms with van der Waals surface area (Å²) in [5.74, 6) is -2.92. The number of nitrogens with zero attached hydrogens (tertiary/aromatic N) is 2. The van der Waals surface area contributed by atoms with Crippen molar-refractivity contribution < 1.29 is 23.1 Å². The molecule has 1 rings (SSSR count). The van der Waals surface area contributed by atoms with E-state index in [9.17, 15) is 18.4 Å². The second-order valence-corrected chi connectivity index (χ2v) is 5.63. The van der Waals surface area contributed by atoms with Gasteiger partial charge in [-0.3, -0.25) is 9.59 Å². The molecule has 7 heteroatoms. The van der Waals surface area contributed by atoms with E-state index in [1.807, 2.05) is 0 Å². The van der Waals surface area contributed by atoms with Gasteiger partial charge in [0.05, 0.1) is 13.5 Å². The van der Waals surface area contributed by atoms with Gasteiger partial charge in [0, 0.05) is 18.7 Å². The van der Waals surface area contributed by atoms with Crippen LogP contribution in [-0.2, 0) is 9.53 Å². The van der Waals surface area contributed by atoms with E-state index >= 15 is 0 Å². The molecule has 0 atom stereocenters. The predicted octanol–water partition coefficient (Wildman–Crippen LogP) is 2.70. The van der Waals surface area contributed by atoms with Crippen molar-refractivity contribution in [3.05, 3.63) is 35.4 Å². The normalized spacial score (nSPS) is 10.8. The van der Waals surface area contributed by atoms with E-state index < -0.39 is 23.5 Å². The molecule has 0 N–H and O–H groups in total. The maximum absolute atomic E-state index is 13.4. The molecule has 0 aliphatic heterocycles. The van der Waals surface area contributed by atoms with Crippen LogP contribution in [0, 0.1) is 11.6 Å². The van der Waals surface area contributed by atoms with Crippen LogP contribution in [0.25, 0.3) is 0 Å². The lowest BCUT2D eigenvalue weighted by Crippen LogP contribution is -2.36. The third-order valence-electron chi connectivity index (χ3n) is 4.06. The summed E-state index contributed by atoms with van der Waals surface area (Å²) >= 11 is 0. The van der Waals surface area contributed by atoms with Crippen molar-refractivity contribution in [2.45, 2.75) is 26.7 Å². The lowest BCUT2D eigenvalue weighted by Gasteiger charge is -2.24. The fraction of sp³-hybridized carbons (Fsp3) is 0.556. The summed E-state index contributed by atoms with van der Waals surface area (Å²) in [7, 11) is 1.28. The maximum Gasteiger partial charge on any atom is 0.307 e. The number of amides is 1. The Morgan fingerprint density at radius 3 is 2.28 bits per heavy atom. The quantitative estimate of drug-likeness (QED) is 0.605. The first-order chi connectivity index (χ1) is 11.9. The molecule has 1 aromatic rings. The first-order valence-electron chi connectivity index (χ1n) is 8.46. The van der Waals surface area contributed by atoms with Gasteiger partial charge in [0.15, 0.2) is 11.6 Å². The number of ether oxygens (including phenoxy) is 1. The third-order valence-corrected chi connectivity index (χ3v) is 4.06. The van der Waals surface area contributed by atoms with Crippen LogP contribution in [0.5, 0.6) is 0 Å². The molecule has 0 aliphatic rings. The summed E-state index contributed by atoms with van der Waals surface area (Å²) in [4.78, 5) is 27.7. The Morgan fingerprint density at radius 2 is 1.72 bits per heavy atom. The van der Waals surface area contributed by atoms with Gasteiger partial charge in [0.2, 0.25) is 0 Å². The highest BCUT2D eigenvalue weighted by atomic mass is 19.2. The van der Waals surface area contributed by atoms with E-state index in [1.54, 1.807) is 0 Å².